The van der Waals surface area contributed by atoms with E-state index >= 15 is 0 Å². The molecule has 0 rings (SSSR count). The molecule has 0 aromatic rings. The van der Waals surface area contributed by atoms with E-state index in [2.05, 4.69) is 34.6 Å². The average Bonchev–Trinajstić information content (AvgIpc) is 3.31. The quantitative estimate of drug-likeness (QED) is 0.0343. The van der Waals surface area contributed by atoms with Crippen LogP contribution in [0, 0.1) is 11.8 Å². The summed E-state index contributed by atoms with van der Waals surface area (Å²) in [5.74, 6) is 0.873. The Kier molecular flexibility index (Phi) is 53.5. The molecule has 0 fully saturated rings. The number of esters is 3. The highest BCUT2D eigenvalue weighted by Gasteiger charge is 2.19. The molecule has 0 saturated carbocycles. The van der Waals surface area contributed by atoms with Crippen LogP contribution in [0.4, 0.5) is 0 Å². The van der Waals surface area contributed by atoms with E-state index in [1.54, 1.807) is 0 Å². The van der Waals surface area contributed by atoms with Gasteiger partial charge >= 0.3 is 17.9 Å². The second-order valence-corrected chi connectivity index (χ2v) is 22.3. The second kappa shape index (κ2) is 54.7. The van der Waals surface area contributed by atoms with E-state index in [1.807, 2.05) is 0 Å². The number of ether oxygens (including phenoxy) is 3. The van der Waals surface area contributed by atoms with Crippen molar-refractivity contribution in [2.24, 2.45) is 11.8 Å². The van der Waals surface area contributed by atoms with Gasteiger partial charge in [0.2, 0.25) is 0 Å². The number of rotatable bonds is 56. The summed E-state index contributed by atoms with van der Waals surface area (Å²) in [5, 5.41) is 0. The van der Waals surface area contributed by atoms with E-state index in [1.165, 1.54) is 238 Å². The first-order chi connectivity index (χ1) is 33.2. The lowest BCUT2D eigenvalue weighted by atomic mass is 10.0. The first-order valence-electron chi connectivity index (χ1n) is 30.7. The van der Waals surface area contributed by atoms with Crippen molar-refractivity contribution in [2.45, 2.75) is 355 Å². The average molecular weight is 962 g/mol. The topological polar surface area (TPSA) is 78.9 Å². The molecule has 0 heterocycles. The SMILES string of the molecule is CCCCCCCCCCCCCC(=O)O[C@H](COC(=O)CCCCCCCCCCCCCCCCCCCCC(C)C)COC(=O)CCCCCCCCCCCCCCCCCC(C)C. The lowest BCUT2D eigenvalue weighted by Gasteiger charge is -2.18. The smallest absolute Gasteiger partial charge is 0.306 e. The summed E-state index contributed by atoms with van der Waals surface area (Å²) in [6.45, 7) is 11.4. The Morgan fingerprint density at radius 2 is 0.485 bits per heavy atom. The third-order valence-corrected chi connectivity index (χ3v) is 14.2. The van der Waals surface area contributed by atoms with Crippen LogP contribution in [0.2, 0.25) is 0 Å². The molecule has 0 N–H and O–H groups in total. The maximum absolute atomic E-state index is 12.8. The standard InChI is InChI=1S/C62H120O6/c1-6-7-8-9-10-11-25-34-39-44-49-54-62(65)68-59(56-67-61(64)53-48-43-38-33-29-24-20-16-18-22-27-31-36-41-46-51-58(4)5)55-66-60(63)52-47-42-37-32-28-23-19-15-13-12-14-17-21-26-30-35-40-45-50-57(2)3/h57-59H,6-56H2,1-5H3/t59-/m1/s1. The van der Waals surface area contributed by atoms with Gasteiger partial charge in [-0.25, -0.2) is 0 Å². The van der Waals surface area contributed by atoms with Gasteiger partial charge in [0.15, 0.2) is 6.10 Å². The van der Waals surface area contributed by atoms with Crippen molar-refractivity contribution in [1.29, 1.82) is 0 Å². The van der Waals surface area contributed by atoms with E-state index < -0.39 is 6.10 Å². The molecule has 0 bridgehead atoms. The van der Waals surface area contributed by atoms with Crippen LogP contribution in [-0.4, -0.2) is 37.2 Å². The minimum atomic E-state index is -0.762. The minimum absolute atomic E-state index is 0.0621. The van der Waals surface area contributed by atoms with Gasteiger partial charge in [-0.1, -0.05) is 311 Å². The van der Waals surface area contributed by atoms with Crippen LogP contribution in [0.1, 0.15) is 349 Å². The van der Waals surface area contributed by atoms with Crippen LogP contribution in [0.5, 0.6) is 0 Å². The predicted octanol–water partition coefficient (Wildman–Crippen LogP) is 20.4. The molecule has 68 heavy (non-hydrogen) atoms. The second-order valence-electron chi connectivity index (χ2n) is 22.3. The van der Waals surface area contributed by atoms with Gasteiger partial charge in [0.1, 0.15) is 13.2 Å². The fraction of sp³-hybridized carbons (Fsp3) is 0.952. The van der Waals surface area contributed by atoms with Crippen molar-refractivity contribution in [3.63, 3.8) is 0 Å². The summed E-state index contributed by atoms with van der Waals surface area (Å²) in [4.78, 5) is 38.2. The third-order valence-electron chi connectivity index (χ3n) is 14.2. The lowest BCUT2D eigenvalue weighted by Crippen LogP contribution is -2.30. The summed E-state index contributed by atoms with van der Waals surface area (Å²) in [5.41, 5.74) is 0. The van der Waals surface area contributed by atoms with E-state index in [0.717, 1.165) is 69.6 Å². The molecular weight excluding hydrogens is 841 g/mol. The van der Waals surface area contributed by atoms with Crippen LogP contribution < -0.4 is 0 Å². The molecule has 0 saturated heterocycles. The summed E-state index contributed by atoms with van der Waals surface area (Å²) < 4.78 is 16.9. The lowest BCUT2D eigenvalue weighted by molar-refractivity contribution is -0.167. The summed E-state index contributed by atoms with van der Waals surface area (Å²) in [6, 6.07) is 0. The molecule has 0 spiro atoms. The normalized spacial score (nSPS) is 12.0. The highest BCUT2D eigenvalue weighted by atomic mass is 16.6. The minimum Gasteiger partial charge on any atom is -0.462 e. The number of hydrogen-bond donors (Lipinski definition) is 0. The molecule has 0 aliphatic carbocycles. The van der Waals surface area contributed by atoms with Gasteiger partial charge in [0.05, 0.1) is 0 Å². The zero-order valence-corrected chi connectivity index (χ0v) is 46.7. The molecule has 0 aliphatic rings. The molecule has 6 heteroatoms. The maximum atomic E-state index is 12.8. The van der Waals surface area contributed by atoms with Crippen LogP contribution in [0.15, 0.2) is 0 Å². The number of carbonyl (C=O) groups is 3. The Balaban J connectivity index is 4.20. The van der Waals surface area contributed by atoms with E-state index in [9.17, 15) is 14.4 Å². The monoisotopic (exact) mass is 961 g/mol. The highest BCUT2D eigenvalue weighted by molar-refractivity contribution is 5.71. The number of hydrogen-bond acceptors (Lipinski definition) is 6. The summed E-state index contributed by atoms with van der Waals surface area (Å²) in [7, 11) is 0. The van der Waals surface area contributed by atoms with E-state index in [4.69, 9.17) is 14.2 Å². The maximum Gasteiger partial charge on any atom is 0.306 e. The first kappa shape index (κ1) is 66.4. The zero-order valence-electron chi connectivity index (χ0n) is 46.7. The van der Waals surface area contributed by atoms with Gasteiger partial charge in [0.25, 0.3) is 0 Å². The Hall–Kier alpha value is -1.59. The largest absolute Gasteiger partial charge is 0.462 e. The van der Waals surface area contributed by atoms with Crippen molar-refractivity contribution < 1.29 is 28.6 Å². The Morgan fingerprint density at radius 3 is 0.721 bits per heavy atom. The molecule has 0 amide bonds. The van der Waals surface area contributed by atoms with Crippen molar-refractivity contribution >= 4 is 17.9 Å². The molecular formula is C62H120O6. The molecule has 0 aromatic carbocycles. The van der Waals surface area contributed by atoms with E-state index in [-0.39, 0.29) is 31.1 Å². The fourth-order valence-corrected chi connectivity index (χ4v) is 9.58. The van der Waals surface area contributed by atoms with Crippen molar-refractivity contribution in [3.05, 3.63) is 0 Å². The molecule has 0 aliphatic heterocycles. The van der Waals surface area contributed by atoms with Gasteiger partial charge in [-0.05, 0) is 31.1 Å². The third kappa shape index (κ3) is 55.3. The molecule has 0 radical (unpaired) electrons. The van der Waals surface area contributed by atoms with Crippen LogP contribution >= 0.6 is 0 Å². The van der Waals surface area contributed by atoms with Crippen LogP contribution in [-0.2, 0) is 28.6 Å². The van der Waals surface area contributed by atoms with Crippen molar-refractivity contribution in [1.82, 2.24) is 0 Å². The molecule has 1 atom stereocenters. The Morgan fingerprint density at radius 1 is 0.279 bits per heavy atom. The van der Waals surface area contributed by atoms with Crippen LogP contribution in [0.3, 0.4) is 0 Å². The summed E-state index contributed by atoms with van der Waals surface area (Å²) in [6.07, 6.45) is 59.6. The predicted molar refractivity (Wildman–Crippen MR) is 293 cm³/mol. The molecule has 6 nitrogen and oxygen atoms in total. The highest BCUT2D eigenvalue weighted by Crippen LogP contribution is 2.19. The van der Waals surface area contributed by atoms with Crippen molar-refractivity contribution in [3.8, 4) is 0 Å². The molecule has 404 valence electrons. The summed E-state index contributed by atoms with van der Waals surface area (Å²) >= 11 is 0. The van der Waals surface area contributed by atoms with Gasteiger partial charge in [-0.2, -0.15) is 0 Å². The zero-order chi connectivity index (χ0) is 49.6. The van der Waals surface area contributed by atoms with Gasteiger partial charge in [0, 0.05) is 19.3 Å². The molecule has 0 unspecified atom stereocenters. The Bertz CT molecular complexity index is 1040. The van der Waals surface area contributed by atoms with E-state index in [0.29, 0.717) is 19.3 Å². The van der Waals surface area contributed by atoms with Crippen LogP contribution in [0.25, 0.3) is 0 Å². The van der Waals surface area contributed by atoms with Crippen molar-refractivity contribution in [2.75, 3.05) is 13.2 Å². The number of carbonyl (C=O) groups excluding carboxylic acids is 3. The van der Waals surface area contributed by atoms with Gasteiger partial charge < -0.3 is 14.2 Å². The Labute approximate surface area is 425 Å². The molecule has 0 aromatic heterocycles. The van der Waals surface area contributed by atoms with Gasteiger partial charge in [-0.3, -0.25) is 14.4 Å². The fourth-order valence-electron chi connectivity index (χ4n) is 9.58. The van der Waals surface area contributed by atoms with Gasteiger partial charge in [-0.15, -0.1) is 0 Å². The number of unbranched alkanes of at least 4 members (excludes halogenated alkanes) is 41. The first-order valence-corrected chi connectivity index (χ1v) is 30.7.